The zero-order chi connectivity index (χ0) is 49.6. The van der Waals surface area contributed by atoms with Crippen molar-refractivity contribution < 1.29 is 4.42 Å². The van der Waals surface area contributed by atoms with Crippen molar-refractivity contribution in [2.75, 3.05) is 19.6 Å². The second-order valence-corrected chi connectivity index (χ2v) is 20.4. The Labute approximate surface area is 428 Å². The molecule has 0 saturated heterocycles. The summed E-state index contributed by atoms with van der Waals surface area (Å²) in [6.45, 7) is 15.0. The lowest BCUT2D eigenvalue weighted by Gasteiger charge is -2.45. The first-order chi connectivity index (χ1) is 35.6. The number of hydrogen-bond donors (Lipinski definition) is 0. The Morgan fingerprint density at radius 1 is 0.356 bits per heavy atom. The third-order valence-corrected chi connectivity index (χ3v) is 15.1. The molecule has 0 radical (unpaired) electrons. The highest BCUT2D eigenvalue weighted by molar-refractivity contribution is 7.02. The summed E-state index contributed by atoms with van der Waals surface area (Å²) in [5.41, 5.74) is 27.0. The molecule has 0 amide bonds. The van der Waals surface area contributed by atoms with E-state index in [0.29, 0.717) is 0 Å². The van der Waals surface area contributed by atoms with Crippen molar-refractivity contribution in [3.63, 3.8) is 0 Å². The highest BCUT2D eigenvalue weighted by atomic mass is 16.3. The molecule has 2 aliphatic heterocycles. The van der Waals surface area contributed by atoms with E-state index in [1.54, 1.807) is 0 Å². The van der Waals surface area contributed by atoms with Gasteiger partial charge in [0.2, 0.25) is 0 Å². The zero-order valence-corrected chi connectivity index (χ0v) is 42.4. The van der Waals surface area contributed by atoms with Gasteiger partial charge in [0.25, 0.3) is 6.71 Å². The summed E-state index contributed by atoms with van der Waals surface area (Å²) in [5.74, 6) is 0. The Kier molecular flexibility index (Phi) is 10.4. The van der Waals surface area contributed by atoms with E-state index >= 15 is 0 Å². The van der Waals surface area contributed by atoms with Gasteiger partial charge in [0.15, 0.2) is 5.58 Å². The normalized spacial score (nSPS) is 12.5. The molecule has 0 fully saturated rings. The molecule has 0 aliphatic carbocycles. The fraction of sp³-hybridized carbons (Fsp3) is 0.104. The minimum absolute atomic E-state index is 0.177. The van der Waals surface area contributed by atoms with Gasteiger partial charge in [-0.2, -0.15) is 0 Å². The highest BCUT2D eigenvalue weighted by Gasteiger charge is 2.46. The Hall–Kier alpha value is -8.74. The predicted octanol–water partition coefficient (Wildman–Crippen LogP) is 16.8. The van der Waals surface area contributed by atoms with Crippen LogP contribution in [0, 0.1) is 48.5 Å². The molecular weight excluding hydrogens is 888 g/mol. The van der Waals surface area contributed by atoms with Gasteiger partial charge in [-0.15, -0.1) is 0 Å². The maximum atomic E-state index is 7.31. The molecule has 2 aliphatic rings. The van der Waals surface area contributed by atoms with Gasteiger partial charge in [0.1, 0.15) is 5.58 Å². The van der Waals surface area contributed by atoms with Gasteiger partial charge in [0.05, 0.1) is 11.4 Å². The van der Waals surface area contributed by atoms with Crippen LogP contribution < -0.4 is 36.0 Å². The van der Waals surface area contributed by atoms with Crippen molar-refractivity contribution >= 4 is 113 Å². The maximum Gasteiger partial charge on any atom is 0.253 e. The Morgan fingerprint density at radius 3 is 1.26 bits per heavy atom. The number of furan rings is 1. The van der Waals surface area contributed by atoms with Gasteiger partial charge in [-0.3, -0.25) is 0 Å². The van der Waals surface area contributed by atoms with Crippen molar-refractivity contribution in [3.8, 4) is 0 Å². The Bertz CT molecular complexity index is 3830. The first-order valence-corrected chi connectivity index (χ1v) is 25.4. The maximum absolute atomic E-state index is 7.31. The molecular formula is C67H55BN4O. The summed E-state index contributed by atoms with van der Waals surface area (Å²) >= 11 is 0. The van der Waals surface area contributed by atoms with Gasteiger partial charge < -0.3 is 24.0 Å². The van der Waals surface area contributed by atoms with Crippen LogP contribution >= 0.6 is 0 Å². The van der Waals surface area contributed by atoms with Gasteiger partial charge in [-0.1, -0.05) is 142 Å². The second kappa shape index (κ2) is 17.2. The molecule has 0 spiro atoms. The van der Waals surface area contributed by atoms with E-state index in [4.69, 9.17) is 4.42 Å². The van der Waals surface area contributed by atoms with Gasteiger partial charge in [0, 0.05) is 67.6 Å². The molecule has 1 aromatic heterocycles. The highest BCUT2D eigenvalue weighted by Crippen LogP contribution is 2.52. The molecule has 0 bridgehead atoms. The van der Waals surface area contributed by atoms with E-state index in [9.17, 15) is 0 Å². The number of fused-ring (bicyclic) bond motifs is 8. The summed E-state index contributed by atoms with van der Waals surface area (Å²) < 4.78 is 7.31. The van der Waals surface area contributed by atoms with Gasteiger partial charge >= 0.3 is 0 Å². The summed E-state index contributed by atoms with van der Waals surface area (Å²) in [4.78, 5) is 9.89. The SMILES string of the molecule is Cc1ccc(N(c2ccc(C)cc2)c2cc3c4c(c2)N(c2ccc(C)cc2)c2cc(N(c5ccc(C)cc5)c5ccc(C)cc5)c5oc6ccccc6c5c2B4c2cc(C)ccc2N3c2ccc(C)cc2)cc1. The lowest BCUT2D eigenvalue weighted by molar-refractivity contribution is 0.669. The van der Waals surface area contributed by atoms with E-state index in [1.807, 2.05) is 0 Å². The number of rotatable bonds is 8. The van der Waals surface area contributed by atoms with E-state index in [0.717, 1.165) is 90.2 Å². The van der Waals surface area contributed by atoms with E-state index in [-0.39, 0.29) is 6.71 Å². The van der Waals surface area contributed by atoms with E-state index < -0.39 is 0 Å². The molecule has 11 aromatic rings. The topological polar surface area (TPSA) is 26.1 Å². The van der Waals surface area contributed by atoms with Crippen LogP contribution in [0.1, 0.15) is 38.9 Å². The molecule has 0 saturated carbocycles. The number of benzene rings is 10. The van der Waals surface area contributed by atoms with Crippen LogP contribution in [0.4, 0.5) is 68.2 Å². The fourth-order valence-corrected chi connectivity index (χ4v) is 11.4. The molecule has 73 heavy (non-hydrogen) atoms. The first-order valence-electron chi connectivity index (χ1n) is 25.4. The monoisotopic (exact) mass is 942 g/mol. The average molecular weight is 943 g/mol. The lowest BCUT2D eigenvalue weighted by Crippen LogP contribution is -2.61. The molecule has 13 rings (SSSR count). The minimum atomic E-state index is -0.177. The van der Waals surface area contributed by atoms with Crippen LogP contribution in [-0.2, 0) is 0 Å². The number of anilines is 12. The van der Waals surface area contributed by atoms with Gasteiger partial charge in [-0.25, -0.2) is 0 Å². The number of hydrogen-bond acceptors (Lipinski definition) is 5. The fourth-order valence-electron chi connectivity index (χ4n) is 11.4. The number of para-hydroxylation sites is 1. The largest absolute Gasteiger partial charge is 0.454 e. The minimum Gasteiger partial charge on any atom is -0.454 e. The van der Waals surface area contributed by atoms with Crippen molar-refractivity contribution in [3.05, 3.63) is 245 Å². The van der Waals surface area contributed by atoms with Gasteiger partial charge in [-0.05, 0) is 168 Å². The molecule has 0 atom stereocenters. The smallest absolute Gasteiger partial charge is 0.253 e. The van der Waals surface area contributed by atoms with Crippen LogP contribution in [-0.4, -0.2) is 6.71 Å². The molecule has 5 nitrogen and oxygen atoms in total. The Morgan fingerprint density at radius 2 is 0.767 bits per heavy atom. The lowest BCUT2D eigenvalue weighted by atomic mass is 9.33. The first kappa shape index (κ1) is 44.2. The second-order valence-electron chi connectivity index (χ2n) is 20.4. The van der Waals surface area contributed by atoms with Crippen molar-refractivity contribution in [1.82, 2.24) is 0 Å². The summed E-state index contributed by atoms with van der Waals surface area (Å²) in [6, 6.07) is 76.8. The third kappa shape index (κ3) is 7.39. The third-order valence-electron chi connectivity index (χ3n) is 15.1. The average Bonchev–Trinajstić information content (AvgIpc) is 3.80. The zero-order valence-electron chi connectivity index (χ0n) is 42.4. The predicted molar refractivity (Wildman–Crippen MR) is 310 cm³/mol. The summed E-state index contributed by atoms with van der Waals surface area (Å²) in [5, 5.41) is 2.21. The van der Waals surface area contributed by atoms with E-state index in [1.165, 1.54) is 55.3 Å². The van der Waals surface area contributed by atoms with Crippen LogP contribution in [0.2, 0.25) is 0 Å². The summed E-state index contributed by atoms with van der Waals surface area (Å²) in [7, 11) is 0. The number of aryl methyl sites for hydroxylation is 7. The molecule has 6 heteroatoms. The molecule has 0 unspecified atom stereocenters. The van der Waals surface area contributed by atoms with Crippen molar-refractivity contribution in [2.45, 2.75) is 48.5 Å². The molecule has 0 N–H and O–H groups in total. The van der Waals surface area contributed by atoms with Crippen LogP contribution in [0.25, 0.3) is 21.9 Å². The molecule has 3 heterocycles. The van der Waals surface area contributed by atoms with E-state index in [2.05, 4.69) is 274 Å². The number of nitrogens with zero attached hydrogens (tertiary/aromatic N) is 4. The quantitative estimate of drug-likeness (QED) is 0.141. The standard InChI is InChI=1S/C67H55BN4O/c1-42-12-25-49(26-13-42)69(50-27-14-43(2)15-28-50)55-39-59-65-60(40-55)72(54-35-22-47(6)23-36-54)61-41-62(70(51-29-16-44(3)17-30-51)52-31-18-45(4)19-32-52)67-64(56-10-8-9-11-63(56)73-67)66(61)68(65)57-38-48(7)24-37-58(57)71(59)53-33-20-46(5)21-34-53/h8-41H,1-7H3. The van der Waals surface area contributed by atoms with Crippen LogP contribution in [0.3, 0.4) is 0 Å². The van der Waals surface area contributed by atoms with Crippen LogP contribution in [0.5, 0.6) is 0 Å². The van der Waals surface area contributed by atoms with Crippen LogP contribution in [0.15, 0.2) is 211 Å². The van der Waals surface area contributed by atoms with Crippen molar-refractivity contribution in [2.24, 2.45) is 0 Å². The Balaban J connectivity index is 1.21. The molecule has 352 valence electrons. The summed E-state index contributed by atoms with van der Waals surface area (Å²) in [6.07, 6.45) is 0. The molecule has 10 aromatic carbocycles. The van der Waals surface area contributed by atoms with Crippen molar-refractivity contribution in [1.29, 1.82) is 0 Å².